The average molecular weight is 248 g/mol. The molecule has 1 rings (SSSR count). The standard InChI is InChI=1S/C10H14ClNO2S/c11-9-3-1-8(2-4-9)6-15(14)7-10(13)5-12/h1-4,10,13H,5-7,12H2. The third kappa shape index (κ3) is 4.75. The van der Waals surface area contributed by atoms with Gasteiger partial charge in [0.1, 0.15) is 0 Å². The Balaban J connectivity index is 2.48. The molecule has 0 radical (unpaired) electrons. The summed E-state index contributed by atoms with van der Waals surface area (Å²) in [5.41, 5.74) is 6.18. The lowest BCUT2D eigenvalue weighted by molar-refractivity contribution is 0.207. The first-order chi connectivity index (χ1) is 7.11. The van der Waals surface area contributed by atoms with Gasteiger partial charge in [-0.2, -0.15) is 0 Å². The lowest BCUT2D eigenvalue weighted by Crippen LogP contribution is -2.26. The number of benzene rings is 1. The van der Waals surface area contributed by atoms with E-state index in [0.717, 1.165) is 5.56 Å². The van der Waals surface area contributed by atoms with Crippen LogP contribution in [-0.2, 0) is 16.6 Å². The molecule has 0 bridgehead atoms. The van der Waals surface area contributed by atoms with E-state index in [2.05, 4.69) is 0 Å². The van der Waals surface area contributed by atoms with Crippen LogP contribution < -0.4 is 5.73 Å². The maximum absolute atomic E-state index is 11.5. The number of hydrogen-bond donors (Lipinski definition) is 2. The van der Waals surface area contributed by atoms with Crippen LogP contribution in [-0.4, -0.2) is 27.7 Å². The normalized spacial score (nSPS) is 14.9. The Hall–Kier alpha value is -0.420. The van der Waals surface area contributed by atoms with Crippen LogP contribution in [0.4, 0.5) is 0 Å². The maximum Gasteiger partial charge on any atom is 0.0777 e. The highest BCUT2D eigenvalue weighted by atomic mass is 35.5. The molecule has 2 unspecified atom stereocenters. The van der Waals surface area contributed by atoms with Gasteiger partial charge in [-0.25, -0.2) is 0 Å². The average Bonchev–Trinajstić information content (AvgIpc) is 2.21. The molecule has 0 fully saturated rings. The number of hydrogen-bond acceptors (Lipinski definition) is 3. The van der Waals surface area contributed by atoms with Crippen molar-refractivity contribution in [3.05, 3.63) is 34.9 Å². The third-order valence-electron chi connectivity index (χ3n) is 1.89. The van der Waals surface area contributed by atoms with Crippen molar-refractivity contribution in [3.8, 4) is 0 Å². The van der Waals surface area contributed by atoms with E-state index in [1.54, 1.807) is 12.1 Å². The van der Waals surface area contributed by atoms with E-state index in [4.69, 9.17) is 17.3 Å². The lowest BCUT2D eigenvalue weighted by Gasteiger charge is -2.07. The molecule has 1 aromatic carbocycles. The summed E-state index contributed by atoms with van der Waals surface area (Å²) < 4.78 is 11.5. The van der Waals surface area contributed by atoms with E-state index in [0.29, 0.717) is 10.8 Å². The van der Waals surface area contributed by atoms with Crippen LogP contribution in [0.3, 0.4) is 0 Å². The van der Waals surface area contributed by atoms with Gasteiger partial charge in [0.2, 0.25) is 0 Å². The lowest BCUT2D eigenvalue weighted by atomic mass is 10.2. The first kappa shape index (κ1) is 12.6. The van der Waals surface area contributed by atoms with E-state index in [1.165, 1.54) is 0 Å². The maximum atomic E-state index is 11.5. The SMILES string of the molecule is NCC(O)CS(=O)Cc1ccc(Cl)cc1. The van der Waals surface area contributed by atoms with E-state index < -0.39 is 16.9 Å². The summed E-state index contributed by atoms with van der Waals surface area (Å²) in [5.74, 6) is 0.646. The second kappa shape index (κ2) is 6.23. The largest absolute Gasteiger partial charge is 0.391 e. The molecule has 0 aliphatic rings. The topological polar surface area (TPSA) is 63.3 Å². The van der Waals surface area contributed by atoms with Gasteiger partial charge < -0.3 is 10.8 Å². The predicted octanol–water partition coefficient (Wildman–Crippen LogP) is 0.908. The van der Waals surface area contributed by atoms with Gasteiger partial charge in [-0.3, -0.25) is 4.21 Å². The number of nitrogens with two attached hydrogens (primary N) is 1. The molecule has 0 saturated carbocycles. The minimum Gasteiger partial charge on any atom is -0.391 e. The Morgan fingerprint density at radius 2 is 2.00 bits per heavy atom. The summed E-state index contributed by atoms with van der Waals surface area (Å²) in [6.45, 7) is 0.145. The first-order valence-corrected chi connectivity index (χ1v) is 6.46. The third-order valence-corrected chi connectivity index (χ3v) is 3.56. The molecular weight excluding hydrogens is 234 g/mol. The van der Waals surface area contributed by atoms with Crippen molar-refractivity contribution >= 4 is 22.4 Å². The van der Waals surface area contributed by atoms with Crippen molar-refractivity contribution in [2.24, 2.45) is 5.73 Å². The van der Waals surface area contributed by atoms with Crippen LogP contribution in [0.25, 0.3) is 0 Å². The summed E-state index contributed by atoms with van der Waals surface area (Å²) in [6, 6.07) is 7.17. The van der Waals surface area contributed by atoms with E-state index >= 15 is 0 Å². The molecule has 0 saturated heterocycles. The highest BCUT2D eigenvalue weighted by molar-refractivity contribution is 7.84. The van der Waals surface area contributed by atoms with Gasteiger partial charge in [0.15, 0.2) is 0 Å². The van der Waals surface area contributed by atoms with Crippen molar-refractivity contribution in [1.82, 2.24) is 0 Å². The van der Waals surface area contributed by atoms with Crippen molar-refractivity contribution in [1.29, 1.82) is 0 Å². The zero-order valence-corrected chi connectivity index (χ0v) is 9.80. The summed E-state index contributed by atoms with van der Waals surface area (Å²) in [7, 11) is -1.08. The fourth-order valence-electron chi connectivity index (χ4n) is 1.11. The van der Waals surface area contributed by atoms with Gasteiger partial charge in [0.25, 0.3) is 0 Å². The second-order valence-corrected chi connectivity index (χ2v) is 5.20. The number of aliphatic hydroxyl groups is 1. The molecule has 0 spiro atoms. The molecule has 0 aliphatic heterocycles. The molecular formula is C10H14ClNO2S. The Labute approximate surface area is 96.7 Å². The van der Waals surface area contributed by atoms with Crippen molar-refractivity contribution < 1.29 is 9.32 Å². The Kier molecular flexibility index (Phi) is 5.25. The molecule has 0 aromatic heterocycles. The van der Waals surface area contributed by atoms with Gasteiger partial charge in [-0.1, -0.05) is 23.7 Å². The number of rotatable bonds is 5. The monoisotopic (exact) mass is 247 g/mol. The molecule has 84 valence electrons. The quantitative estimate of drug-likeness (QED) is 0.813. The van der Waals surface area contributed by atoms with Crippen LogP contribution in [0.5, 0.6) is 0 Å². The van der Waals surface area contributed by atoms with Crippen LogP contribution >= 0.6 is 11.6 Å². The fourth-order valence-corrected chi connectivity index (χ4v) is 2.48. The van der Waals surface area contributed by atoms with E-state index in [1.807, 2.05) is 12.1 Å². The predicted molar refractivity (Wildman–Crippen MR) is 63.2 cm³/mol. The highest BCUT2D eigenvalue weighted by Crippen LogP contribution is 2.11. The van der Waals surface area contributed by atoms with Gasteiger partial charge in [0, 0.05) is 28.1 Å². The summed E-state index contributed by atoms with van der Waals surface area (Å²) in [6.07, 6.45) is -0.682. The Morgan fingerprint density at radius 1 is 1.40 bits per heavy atom. The van der Waals surface area contributed by atoms with Gasteiger partial charge in [0.05, 0.1) is 11.9 Å². The smallest absolute Gasteiger partial charge is 0.0777 e. The summed E-state index contributed by atoms with van der Waals surface area (Å²) in [5, 5.41) is 9.87. The van der Waals surface area contributed by atoms with Crippen molar-refractivity contribution in [3.63, 3.8) is 0 Å². The molecule has 1 aromatic rings. The molecule has 3 N–H and O–H groups in total. The van der Waals surface area contributed by atoms with Crippen molar-refractivity contribution in [2.45, 2.75) is 11.9 Å². The number of halogens is 1. The number of aliphatic hydroxyl groups excluding tert-OH is 1. The minimum atomic E-state index is -1.08. The fraction of sp³-hybridized carbons (Fsp3) is 0.400. The van der Waals surface area contributed by atoms with Crippen LogP contribution in [0, 0.1) is 0 Å². The molecule has 5 heteroatoms. The second-order valence-electron chi connectivity index (χ2n) is 3.27. The summed E-state index contributed by atoms with van der Waals surface area (Å²) in [4.78, 5) is 0. The van der Waals surface area contributed by atoms with E-state index in [9.17, 15) is 9.32 Å². The zero-order valence-electron chi connectivity index (χ0n) is 8.23. The zero-order chi connectivity index (χ0) is 11.3. The molecule has 2 atom stereocenters. The molecule has 0 amide bonds. The van der Waals surface area contributed by atoms with Gasteiger partial charge in [-0.15, -0.1) is 0 Å². The summed E-state index contributed by atoms with van der Waals surface area (Å²) >= 11 is 5.72. The van der Waals surface area contributed by atoms with Crippen LogP contribution in [0.2, 0.25) is 5.02 Å². The molecule has 15 heavy (non-hydrogen) atoms. The minimum absolute atomic E-state index is 0.145. The van der Waals surface area contributed by atoms with Crippen LogP contribution in [0.15, 0.2) is 24.3 Å². The van der Waals surface area contributed by atoms with E-state index in [-0.39, 0.29) is 12.3 Å². The molecule has 0 heterocycles. The van der Waals surface area contributed by atoms with Gasteiger partial charge >= 0.3 is 0 Å². The molecule has 0 aliphatic carbocycles. The van der Waals surface area contributed by atoms with Crippen molar-refractivity contribution in [2.75, 3.05) is 12.3 Å². The first-order valence-electron chi connectivity index (χ1n) is 4.59. The highest BCUT2D eigenvalue weighted by Gasteiger charge is 2.08. The van der Waals surface area contributed by atoms with Gasteiger partial charge in [-0.05, 0) is 17.7 Å². The van der Waals surface area contributed by atoms with Crippen LogP contribution in [0.1, 0.15) is 5.56 Å². The Morgan fingerprint density at radius 3 is 2.53 bits per heavy atom. The Bertz CT molecular complexity index is 329. The molecule has 3 nitrogen and oxygen atoms in total.